The first-order valence-corrected chi connectivity index (χ1v) is 35.7. The Morgan fingerprint density at radius 3 is 1.21 bits per heavy atom. The molecular formula is C93H84N20. The van der Waals surface area contributed by atoms with Crippen LogP contribution < -0.4 is 0 Å². The van der Waals surface area contributed by atoms with E-state index in [4.69, 9.17) is 0 Å². The van der Waals surface area contributed by atoms with Gasteiger partial charge in [-0.2, -0.15) is 0 Å². The second-order valence-electron chi connectivity index (χ2n) is 25.3. The number of fused-ring (bicyclic) bond motifs is 15. The highest BCUT2D eigenvalue weighted by molar-refractivity contribution is 5.76. The molecule has 17 aromatic rings. The lowest BCUT2D eigenvalue weighted by molar-refractivity contribution is 0.935. The Morgan fingerprint density at radius 1 is 0.195 bits per heavy atom. The van der Waals surface area contributed by atoms with Gasteiger partial charge in [-0.1, -0.05) is 180 Å². The smallest absolute Gasteiger partial charge is 0.134 e. The molecule has 20 nitrogen and oxygen atoms in total. The summed E-state index contributed by atoms with van der Waals surface area (Å²) in [6.07, 6.45) is 49.1. The van der Waals surface area contributed by atoms with Gasteiger partial charge in [-0.25, -0.2) is 69.8 Å². The Kier molecular flexibility index (Phi) is 29.2. The van der Waals surface area contributed by atoms with Gasteiger partial charge in [0.25, 0.3) is 0 Å². The van der Waals surface area contributed by atoms with Crippen LogP contribution in [0.2, 0.25) is 0 Å². The van der Waals surface area contributed by atoms with E-state index in [1.165, 1.54) is 79.4 Å². The van der Waals surface area contributed by atoms with E-state index in [1.54, 1.807) is 87.3 Å². The lowest BCUT2D eigenvalue weighted by Gasteiger charge is -2.00. The van der Waals surface area contributed by atoms with Crippen LogP contribution in [0.4, 0.5) is 0 Å². The summed E-state index contributed by atoms with van der Waals surface area (Å²) < 4.78 is 0. The third-order valence-corrected chi connectivity index (χ3v) is 17.9. The van der Waals surface area contributed by atoms with Gasteiger partial charge in [0.05, 0.1) is 34.2 Å². The van der Waals surface area contributed by atoms with Gasteiger partial charge in [0, 0.05) is 195 Å². The fraction of sp³-hybridized carbons (Fsp3) is 0.118. The van der Waals surface area contributed by atoms with Crippen LogP contribution in [-0.2, 0) is 51.4 Å². The third kappa shape index (κ3) is 21.8. The van der Waals surface area contributed by atoms with Crippen molar-refractivity contribution in [1.29, 1.82) is 0 Å². The third-order valence-electron chi connectivity index (χ3n) is 17.9. The van der Waals surface area contributed by atoms with Crippen LogP contribution in [0.3, 0.4) is 0 Å². The Hall–Kier alpha value is -14.7. The highest BCUT2D eigenvalue weighted by atomic mass is 14.9. The molecule has 5 aromatic carbocycles. The molecule has 0 fully saturated rings. The molecule has 12 aromatic heterocycles. The fourth-order valence-electron chi connectivity index (χ4n) is 12.8. The minimum atomic E-state index is 0. The van der Waals surface area contributed by atoms with E-state index in [0.717, 1.165) is 124 Å². The molecule has 0 atom stereocenters. The summed E-state index contributed by atoms with van der Waals surface area (Å²) in [4.78, 5) is 82.2. The van der Waals surface area contributed by atoms with Gasteiger partial charge in [0.1, 0.15) is 49.5 Å². The molecular weight excluding hydrogens is 1400 g/mol. The fourth-order valence-corrected chi connectivity index (χ4v) is 12.8. The van der Waals surface area contributed by atoms with Crippen molar-refractivity contribution in [1.82, 2.24) is 99.7 Å². The number of aromatic nitrogens is 20. The van der Waals surface area contributed by atoms with Crippen molar-refractivity contribution in [3.05, 3.63) is 433 Å². The van der Waals surface area contributed by atoms with E-state index >= 15 is 0 Å². The molecule has 0 spiro atoms. The first kappa shape index (κ1) is 79.4. The van der Waals surface area contributed by atoms with Crippen molar-refractivity contribution in [2.24, 2.45) is 0 Å². The van der Waals surface area contributed by atoms with Crippen molar-refractivity contribution < 1.29 is 0 Å². The summed E-state index contributed by atoms with van der Waals surface area (Å²) >= 11 is 0. The zero-order valence-electron chi connectivity index (χ0n) is 59.9. The minimum absolute atomic E-state index is 0. The van der Waals surface area contributed by atoms with Crippen LogP contribution in [0.1, 0.15) is 112 Å². The summed E-state index contributed by atoms with van der Waals surface area (Å²) in [5.74, 6) is 0.807. The Morgan fingerprint density at radius 2 is 0.602 bits per heavy atom. The number of hydrogen-bond donors (Lipinski definition) is 0. The Labute approximate surface area is 659 Å². The predicted octanol–water partition coefficient (Wildman–Crippen LogP) is 17.6. The predicted molar refractivity (Wildman–Crippen MR) is 443 cm³/mol. The monoisotopic (exact) mass is 1480 g/mol. The van der Waals surface area contributed by atoms with Gasteiger partial charge in [-0.15, -0.1) is 0 Å². The van der Waals surface area contributed by atoms with Crippen LogP contribution in [0.25, 0.3) is 56.3 Å². The number of nitrogens with zero attached hydrogens (tertiary/aromatic N) is 20. The Bertz CT molecular complexity index is 4650. The van der Waals surface area contributed by atoms with E-state index < -0.39 is 0 Å². The number of pyridine rings is 4. The van der Waals surface area contributed by atoms with Crippen molar-refractivity contribution in [2.75, 3.05) is 0 Å². The largest absolute Gasteiger partial charge is 0.264 e. The SMILES string of the molecule is C.C.C.c1cc2c(cn1)-c1cncnc1C2.c1ccc(Cc2ccccc2)cc1.c1ccc(Cc2ncccn2)nc1.c1ccc2c(c1)Cc1ccncc1-2.c1ccc2c(c1)Cc1cncnc1-2.c1ccccc1.c1cnc2c(c1)Cc1nccnc1-2.c1ncc(Cc2cncnc2)cn1.c1ncc2c(n1)-c1ncncc1C2. The molecule has 0 radical (unpaired) electrons. The molecule has 0 saturated heterocycles. The minimum Gasteiger partial charge on any atom is -0.264 e. The summed E-state index contributed by atoms with van der Waals surface area (Å²) in [5, 5.41) is 0. The summed E-state index contributed by atoms with van der Waals surface area (Å²) in [6.45, 7) is 0. The molecule has 22 rings (SSSR count). The number of benzene rings is 5. The maximum atomic E-state index is 4.30. The van der Waals surface area contributed by atoms with Gasteiger partial charge in [0.15, 0.2) is 0 Å². The second-order valence-corrected chi connectivity index (χ2v) is 25.3. The van der Waals surface area contributed by atoms with Crippen LogP contribution in [-0.4, -0.2) is 99.7 Å². The van der Waals surface area contributed by atoms with Crippen LogP contribution >= 0.6 is 0 Å². The number of rotatable bonds is 6. The normalized spacial score (nSPS) is 10.9. The van der Waals surface area contributed by atoms with Crippen molar-refractivity contribution >= 4 is 0 Å². The van der Waals surface area contributed by atoms with E-state index in [1.807, 2.05) is 122 Å². The molecule has 0 N–H and O–H groups in total. The summed E-state index contributed by atoms with van der Waals surface area (Å²) in [6, 6.07) is 65.8. The van der Waals surface area contributed by atoms with Crippen molar-refractivity contribution in [3.8, 4) is 56.3 Å². The summed E-state index contributed by atoms with van der Waals surface area (Å²) in [7, 11) is 0. The van der Waals surface area contributed by atoms with E-state index in [0.29, 0.717) is 6.42 Å². The molecule has 5 aliphatic carbocycles. The molecule has 5 aliphatic rings. The average molecular weight is 1480 g/mol. The van der Waals surface area contributed by atoms with Crippen LogP contribution in [0, 0.1) is 0 Å². The molecule has 0 bridgehead atoms. The standard InChI is InChI=1S/C13H12.C12H9N.C11H8N2.2C10H7N3.C10H9N3.C9H6N4.C9H8N4.C6H6.3CH4/c1-3-7-12(8-4-1)11-13-9-5-2-6-10-13;1-2-4-11-9(3-1)7-10-5-6-13-8-12(10)11;1-2-4-10-8(3-1)5-9-6-12-7-13-11(9)10;1-2-11-4-8-7(1)3-10-9(8)5-12-6-13-10;1-2-7-6-8-10(9(7)12-3-1)13-5-4-11-8;1-2-5-11-9(4-1)8-10-12-6-3-7-13-10;1-6-2-10-4-12-8(6)9-7(1)3-11-5-13-9;1(8-2-10-6-11-3-8)9-4-12-7-13-5-9;1-2-4-6-5-3-1;;;/h1-10H,11H2;1-6,8H,7H2;1-4,6-7H,5H2;1-2,4-6H,3H2;1-5H,6H2;1-7H,8H2;2-5H,1H2;2-7H,1H2;1-6H;3*1H4. The molecule has 556 valence electrons. The molecule has 12 heterocycles. The average Bonchev–Trinajstić information content (AvgIpc) is 1.68. The number of hydrogen-bond acceptors (Lipinski definition) is 20. The van der Waals surface area contributed by atoms with Gasteiger partial charge in [0.2, 0.25) is 0 Å². The molecule has 0 unspecified atom stereocenters. The lowest BCUT2D eigenvalue weighted by Crippen LogP contribution is -1.96. The molecule has 0 saturated carbocycles. The quantitative estimate of drug-likeness (QED) is 0.150. The van der Waals surface area contributed by atoms with Gasteiger partial charge in [-0.05, 0) is 105 Å². The molecule has 113 heavy (non-hydrogen) atoms. The maximum absolute atomic E-state index is 4.30. The highest BCUT2D eigenvalue weighted by Gasteiger charge is 2.24. The van der Waals surface area contributed by atoms with E-state index in [9.17, 15) is 0 Å². The van der Waals surface area contributed by atoms with Gasteiger partial charge < -0.3 is 0 Å². The topological polar surface area (TPSA) is 258 Å². The second kappa shape index (κ2) is 41.6. The zero-order valence-corrected chi connectivity index (χ0v) is 59.9. The molecule has 20 heteroatoms. The van der Waals surface area contributed by atoms with Crippen molar-refractivity contribution in [2.45, 2.75) is 73.6 Å². The zero-order chi connectivity index (χ0) is 74.4. The van der Waals surface area contributed by atoms with Gasteiger partial charge in [-0.3, -0.25) is 29.9 Å². The first-order valence-electron chi connectivity index (χ1n) is 35.7. The highest BCUT2D eigenvalue weighted by Crippen LogP contribution is 2.37. The molecule has 0 amide bonds. The van der Waals surface area contributed by atoms with Crippen molar-refractivity contribution in [3.63, 3.8) is 0 Å². The summed E-state index contributed by atoms with van der Waals surface area (Å²) in [5.41, 5.74) is 29.4. The Balaban J connectivity index is 0.000000126. The first-order chi connectivity index (χ1) is 54.6. The van der Waals surface area contributed by atoms with Crippen LogP contribution in [0.15, 0.2) is 344 Å². The van der Waals surface area contributed by atoms with Crippen LogP contribution in [0.5, 0.6) is 0 Å². The molecule has 0 aliphatic heterocycles. The van der Waals surface area contributed by atoms with E-state index in [2.05, 4.69) is 221 Å². The van der Waals surface area contributed by atoms with Gasteiger partial charge >= 0.3 is 0 Å². The lowest BCUT2D eigenvalue weighted by atomic mass is 10.1. The van der Waals surface area contributed by atoms with E-state index in [-0.39, 0.29) is 22.3 Å². The maximum Gasteiger partial charge on any atom is 0.134 e.